The van der Waals surface area contributed by atoms with Crippen LogP contribution >= 0.6 is 0 Å². The summed E-state index contributed by atoms with van der Waals surface area (Å²) in [6.07, 6.45) is 0. The van der Waals surface area contributed by atoms with Gasteiger partial charge >= 0.3 is 0 Å². The summed E-state index contributed by atoms with van der Waals surface area (Å²) in [4.78, 5) is 5.54. The van der Waals surface area contributed by atoms with Crippen molar-refractivity contribution in [1.82, 2.24) is 18.7 Å². The van der Waals surface area contributed by atoms with Crippen molar-refractivity contribution in [2.24, 2.45) is 0 Å². The predicted octanol–water partition coefficient (Wildman–Crippen LogP) is 12.0. The first kappa shape index (κ1) is 28.0. The van der Waals surface area contributed by atoms with Crippen LogP contribution in [-0.4, -0.2) is 18.7 Å². The molecule has 7 aromatic carbocycles. The second kappa shape index (κ2) is 10.8. The molecule has 0 bridgehead atoms. The second-order valence-corrected chi connectivity index (χ2v) is 13.2. The van der Waals surface area contributed by atoms with Crippen LogP contribution in [0.25, 0.3) is 93.9 Å². The normalized spacial score (nSPS) is 11.9. The molecule has 0 saturated carbocycles. The number of pyridine rings is 1. The Hall–Kier alpha value is -6.91. The minimum Gasteiger partial charge on any atom is -0.309 e. The highest BCUT2D eigenvalue weighted by Gasteiger charge is 2.21. The van der Waals surface area contributed by atoms with Crippen molar-refractivity contribution >= 4 is 65.5 Å². The van der Waals surface area contributed by atoms with Gasteiger partial charge in [-0.15, -0.1) is 0 Å². The fourth-order valence-electron chi connectivity index (χ4n) is 8.34. The molecule has 0 saturated heterocycles. The Morgan fingerprint density at radius 2 is 0.627 bits per heavy atom. The lowest BCUT2D eigenvalue weighted by Crippen LogP contribution is -2.03. The molecule has 0 atom stereocenters. The van der Waals surface area contributed by atoms with Crippen LogP contribution in [0.5, 0.6) is 0 Å². The highest BCUT2D eigenvalue weighted by atomic mass is 15.1. The number of hydrogen-bond donors (Lipinski definition) is 0. The molecule has 11 rings (SSSR count). The van der Waals surface area contributed by atoms with Gasteiger partial charge in [0.15, 0.2) is 0 Å². The van der Waals surface area contributed by atoms with Crippen molar-refractivity contribution in [3.63, 3.8) is 0 Å². The third kappa shape index (κ3) is 3.99. The number of para-hydroxylation sites is 7. The third-order valence-corrected chi connectivity index (χ3v) is 10.5. The highest BCUT2D eigenvalue weighted by Crippen LogP contribution is 2.41. The van der Waals surface area contributed by atoms with E-state index in [1.165, 1.54) is 38.0 Å². The molecule has 4 heteroatoms. The van der Waals surface area contributed by atoms with Gasteiger partial charge in [-0.1, -0.05) is 127 Å². The van der Waals surface area contributed by atoms with Gasteiger partial charge in [0.25, 0.3) is 0 Å². The van der Waals surface area contributed by atoms with Crippen molar-refractivity contribution < 1.29 is 0 Å². The molecule has 0 fully saturated rings. The Morgan fingerprint density at radius 1 is 0.275 bits per heavy atom. The van der Waals surface area contributed by atoms with Gasteiger partial charge in [0.1, 0.15) is 11.5 Å². The maximum Gasteiger partial charge on any atom is 0.148 e. The van der Waals surface area contributed by atoms with E-state index in [0.717, 1.165) is 55.9 Å². The van der Waals surface area contributed by atoms with Gasteiger partial charge in [-0.25, -0.2) is 4.98 Å². The van der Waals surface area contributed by atoms with E-state index in [-0.39, 0.29) is 0 Å². The van der Waals surface area contributed by atoms with Gasteiger partial charge in [-0.2, -0.15) is 0 Å². The van der Waals surface area contributed by atoms with Gasteiger partial charge in [0.2, 0.25) is 0 Å². The van der Waals surface area contributed by atoms with Crippen molar-refractivity contribution in [1.29, 1.82) is 0 Å². The lowest BCUT2D eigenvalue weighted by Gasteiger charge is -2.18. The van der Waals surface area contributed by atoms with E-state index in [0.29, 0.717) is 0 Å². The lowest BCUT2D eigenvalue weighted by atomic mass is 10.0. The summed E-state index contributed by atoms with van der Waals surface area (Å²) in [5.74, 6) is 0.895. The Balaban J connectivity index is 1.20. The van der Waals surface area contributed by atoms with E-state index in [9.17, 15) is 0 Å². The van der Waals surface area contributed by atoms with Gasteiger partial charge in [-0.3, -0.25) is 9.13 Å². The van der Waals surface area contributed by atoms with Crippen LogP contribution < -0.4 is 0 Å². The zero-order valence-electron chi connectivity index (χ0n) is 27.6. The molecular formula is C47H30N4. The molecule has 0 spiro atoms. The van der Waals surface area contributed by atoms with Crippen molar-refractivity contribution in [3.8, 4) is 28.3 Å². The molecule has 0 aliphatic carbocycles. The van der Waals surface area contributed by atoms with E-state index in [4.69, 9.17) is 4.98 Å². The summed E-state index contributed by atoms with van der Waals surface area (Å²) in [6.45, 7) is 0. The average Bonchev–Trinajstić information content (AvgIpc) is 3.83. The second-order valence-electron chi connectivity index (χ2n) is 13.2. The number of aromatic nitrogens is 4. The van der Waals surface area contributed by atoms with Crippen LogP contribution in [0.3, 0.4) is 0 Å². The molecule has 4 aromatic heterocycles. The fourth-order valence-corrected chi connectivity index (χ4v) is 8.34. The molecule has 4 nitrogen and oxygen atoms in total. The summed E-state index contributed by atoms with van der Waals surface area (Å²) in [7, 11) is 0. The Morgan fingerprint density at radius 3 is 1.12 bits per heavy atom. The molecule has 0 aliphatic rings. The van der Waals surface area contributed by atoms with E-state index in [1.807, 2.05) is 0 Å². The standard InChI is InChI=1S/C47H30N4/c1-8-22-39-31(15-1)32-16-2-9-23-40(32)49(39)41-24-10-3-17-33(41)36-20-6-13-27-44(36)51-45-28-14-7-21-37(45)38-29-30-46(48-47(38)51)50-42-25-11-4-18-34(42)35-19-5-12-26-43(35)50/h1-30H. The number of hydrogen-bond acceptors (Lipinski definition) is 1. The van der Waals surface area contributed by atoms with E-state index in [2.05, 4.69) is 196 Å². The third-order valence-electron chi connectivity index (χ3n) is 10.5. The van der Waals surface area contributed by atoms with Gasteiger partial charge in [-0.05, 0) is 54.6 Å². The molecule has 11 aromatic rings. The minimum absolute atomic E-state index is 0.895. The zero-order valence-corrected chi connectivity index (χ0v) is 27.6. The first-order valence-corrected chi connectivity index (χ1v) is 17.4. The van der Waals surface area contributed by atoms with E-state index < -0.39 is 0 Å². The number of nitrogens with zero attached hydrogens (tertiary/aromatic N) is 4. The SMILES string of the molecule is c1ccc(-n2c3ccccc3c3ccccc32)c(-c2ccccc2-n2c3ccccc3c3ccc(-n4c5ccccc5c5ccccc54)nc32)c1. The first-order chi connectivity index (χ1) is 25.3. The maximum absolute atomic E-state index is 5.54. The largest absolute Gasteiger partial charge is 0.309 e. The molecular weight excluding hydrogens is 621 g/mol. The smallest absolute Gasteiger partial charge is 0.148 e. The quantitative estimate of drug-likeness (QED) is 0.186. The number of rotatable bonds is 4. The monoisotopic (exact) mass is 650 g/mol. The van der Waals surface area contributed by atoms with Crippen LogP contribution in [0.4, 0.5) is 0 Å². The Kier molecular flexibility index (Phi) is 5.92. The molecule has 0 radical (unpaired) electrons. The molecule has 0 aliphatic heterocycles. The van der Waals surface area contributed by atoms with Gasteiger partial charge < -0.3 is 4.57 Å². The average molecular weight is 651 g/mol. The zero-order chi connectivity index (χ0) is 33.5. The van der Waals surface area contributed by atoms with Gasteiger partial charge in [0.05, 0.1) is 39.0 Å². The maximum atomic E-state index is 5.54. The molecule has 51 heavy (non-hydrogen) atoms. The van der Waals surface area contributed by atoms with E-state index in [1.54, 1.807) is 0 Å². The summed E-state index contributed by atoms with van der Waals surface area (Å²) in [5, 5.41) is 7.26. The number of fused-ring (bicyclic) bond motifs is 9. The van der Waals surface area contributed by atoms with Crippen molar-refractivity contribution in [2.75, 3.05) is 0 Å². The van der Waals surface area contributed by atoms with Crippen LogP contribution in [0, 0.1) is 0 Å². The van der Waals surface area contributed by atoms with Crippen molar-refractivity contribution in [3.05, 3.63) is 182 Å². The molecule has 238 valence electrons. The summed E-state index contributed by atoms with van der Waals surface area (Å²) >= 11 is 0. The van der Waals surface area contributed by atoms with E-state index >= 15 is 0 Å². The lowest BCUT2D eigenvalue weighted by molar-refractivity contribution is 1.06. The summed E-state index contributed by atoms with van der Waals surface area (Å²) < 4.78 is 7.08. The number of benzene rings is 7. The summed E-state index contributed by atoms with van der Waals surface area (Å²) in [5.41, 5.74) is 11.3. The van der Waals surface area contributed by atoms with Crippen LogP contribution in [0.2, 0.25) is 0 Å². The molecule has 0 unspecified atom stereocenters. The molecule has 4 heterocycles. The Labute approximate surface area is 293 Å². The predicted molar refractivity (Wildman–Crippen MR) is 213 cm³/mol. The molecule has 0 amide bonds. The van der Waals surface area contributed by atoms with Crippen LogP contribution in [0.1, 0.15) is 0 Å². The molecule has 0 N–H and O–H groups in total. The van der Waals surface area contributed by atoms with Crippen molar-refractivity contribution in [2.45, 2.75) is 0 Å². The van der Waals surface area contributed by atoms with Crippen LogP contribution in [0.15, 0.2) is 182 Å². The Bertz CT molecular complexity index is 3050. The fraction of sp³-hybridized carbons (Fsp3) is 0. The first-order valence-electron chi connectivity index (χ1n) is 17.4. The highest BCUT2D eigenvalue weighted by molar-refractivity contribution is 6.12. The summed E-state index contributed by atoms with van der Waals surface area (Å²) in [6, 6.07) is 65.3. The van der Waals surface area contributed by atoms with Gasteiger partial charge in [0, 0.05) is 43.4 Å². The minimum atomic E-state index is 0.895. The topological polar surface area (TPSA) is 27.7 Å². The van der Waals surface area contributed by atoms with Crippen LogP contribution in [-0.2, 0) is 0 Å².